The highest BCUT2D eigenvalue weighted by Crippen LogP contribution is 2.38. The molecule has 3 aromatic carbocycles. The summed E-state index contributed by atoms with van der Waals surface area (Å²) in [4.78, 5) is 28.8. The number of aromatic carboxylic acids is 1. The minimum Gasteiger partial charge on any atom is -0.477 e. The zero-order valence-electron chi connectivity index (χ0n) is 20.0. The highest BCUT2D eigenvalue weighted by atomic mass is 19.1. The molecule has 2 fully saturated rings. The lowest BCUT2D eigenvalue weighted by atomic mass is 10.0. The van der Waals surface area contributed by atoms with Crippen LogP contribution in [0, 0.1) is 5.82 Å². The Labute approximate surface area is 208 Å². The molecule has 1 saturated heterocycles. The van der Waals surface area contributed by atoms with Crippen LogP contribution in [-0.2, 0) is 6.42 Å². The van der Waals surface area contributed by atoms with Gasteiger partial charge in [-0.15, -0.1) is 0 Å². The van der Waals surface area contributed by atoms with Crippen molar-refractivity contribution in [3.05, 3.63) is 88.0 Å². The monoisotopic (exact) mass is 485 g/mol. The molecule has 0 radical (unpaired) electrons. The number of hydrogen-bond acceptors (Lipinski definition) is 4. The van der Waals surface area contributed by atoms with Crippen LogP contribution in [0.5, 0.6) is 0 Å². The Morgan fingerprint density at radius 3 is 2.47 bits per heavy atom. The molecule has 4 aromatic rings. The summed E-state index contributed by atoms with van der Waals surface area (Å²) in [5, 5.41) is 12.1. The van der Waals surface area contributed by atoms with Crippen LogP contribution in [0.4, 0.5) is 10.1 Å². The van der Waals surface area contributed by atoms with Gasteiger partial charge in [-0.1, -0.05) is 42.5 Å². The predicted octanol–water partition coefficient (Wildman–Crippen LogP) is 4.69. The van der Waals surface area contributed by atoms with Gasteiger partial charge in [-0.25, -0.2) is 9.18 Å². The zero-order chi connectivity index (χ0) is 24.8. The van der Waals surface area contributed by atoms with Crippen molar-refractivity contribution in [1.82, 2.24) is 9.47 Å². The lowest BCUT2D eigenvalue weighted by Gasteiger charge is -2.36. The molecule has 36 heavy (non-hydrogen) atoms. The SMILES string of the molecule is O=C(O)c1cn(C2CC2)c2cc(N3CCN(CCc4cccc5ccccc45)CC3)c(F)cc2c1=O. The standard InChI is InChI=1S/C29H28FN3O3/c30-25-16-23-26(33(21-8-9-21)18-24(28(23)34)29(35)36)17-27(25)32-14-12-31(13-15-32)11-10-20-6-3-5-19-4-1-2-7-22(19)20/h1-7,16-18,21H,8-15H2,(H,35,36). The first-order valence-electron chi connectivity index (χ1n) is 12.6. The summed E-state index contributed by atoms with van der Waals surface area (Å²) in [6.45, 7) is 3.99. The second-order valence-corrected chi connectivity index (χ2v) is 9.85. The predicted molar refractivity (Wildman–Crippen MR) is 140 cm³/mol. The van der Waals surface area contributed by atoms with Crippen molar-refractivity contribution in [2.24, 2.45) is 0 Å². The molecule has 0 bridgehead atoms. The normalized spacial score (nSPS) is 16.6. The molecule has 6 nitrogen and oxygen atoms in total. The number of benzene rings is 3. The number of halogens is 1. The van der Waals surface area contributed by atoms with E-state index in [9.17, 15) is 14.7 Å². The van der Waals surface area contributed by atoms with Crippen LogP contribution < -0.4 is 10.3 Å². The molecular weight excluding hydrogens is 457 g/mol. The van der Waals surface area contributed by atoms with E-state index in [1.165, 1.54) is 28.6 Å². The van der Waals surface area contributed by atoms with Gasteiger partial charge in [0.25, 0.3) is 0 Å². The van der Waals surface area contributed by atoms with Crippen LogP contribution in [0.2, 0.25) is 0 Å². The average Bonchev–Trinajstić information content (AvgIpc) is 3.73. The van der Waals surface area contributed by atoms with Crippen molar-refractivity contribution in [1.29, 1.82) is 0 Å². The molecule has 7 heteroatoms. The summed E-state index contributed by atoms with van der Waals surface area (Å²) in [5.74, 6) is -1.76. The molecule has 1 aromatic heterocycles. The van der Waals surface area contributed by atoms with Gasteiger partial charge in [-0.3, -0.25) is 9.69 Å². The second-order valence-electron chi connectivity index (χ2n) is 9.85. The zero-order valence-corrected chi connectivity index (χ0v) is 20.0. The number of carboxylic acids is 1. The van der Waals surface area contributed by atoms with Gasteiger partial charge in [0.2, 0.25) is 5.43 Å². The van der Waals surface area contributed by atoms with Crippen LogP contribution >= 0.6 is 0 Å². The Morgan fingerprint density at radius 1 is 0.972 bits per heavy atom. The Morgan fingerprint density at radius 2 is 1.72 bits per heavy atom. The Hall–Kier alpha value is -3.71. The minimum absolute atomic E-state index is 0.136. The lowest BCUT2D eigenvalue weighted by Crippen LogP contribution is -2.47. The Balaban J connectivity index is 1.20. The molecule has 0 amide bonds. The molecule has 1 saturated carbocycles. The van der Waals surface area contributed by atoms with Gasteiger partial charge in [0.1, 0.15) is 11.4 Å². The number of piperazine rings is 1. The number of aromatic nitrogens is 1. The van der Waals surface area contributed by atoms with Gasteiger partial charge in [0.05, 0.1) is 11.2 Å². The van der Waals surface area contributed by atoms with E-state index in [1.54, 1.807) is 6.07 Å². The summed E-state index contributed by atoms with van der Waals surface area (Å²) >= 11 is 0. The maximum absolute atomic E-state index is 15.2. The molecule has 6 rings (SSSR count). The number of carboxylic acid groups (broad SMARTS) is 1. The topological polar surface area (TPSA) is 65.8 Å². The first-order valence-corrected chi connectivity index (χ1v) is 12.6. The van der Waals surface area contributed by atoms with E-state index < -0.39 is 17.2 Å². The molecule has 0 atom stereocenters. The van der Waals surface area contributed by atoms with Gasteiger partial charge in [0, 0.05) is 50.3 Å². The molecule has 2 aliphatic rings. The first-order chi connectivity index (χ1) is 17.5. The molecule has 1 N–H and O–H groups in total. The second kappa shape index (κ2) is 9.06. The van der Waals surface area contributed by atoms with Crippen LogP contribution in [-0.4, -0.2) is 53.3 Å². The smallest absolute Gasteiger partial charge is 0.341 e. The fourth-order valence-corrected chi connectivity index (χ4v) is 5.41. The van der Waals surface area contributed by atoms with E-state index in [4.69, 9.17) is 0 Å². The van der Waals surface area contributed by atoms with Crippen LogP contribution in [0.15, 0.2) is 65.6 Å². The van der Waals surface area contributed by atoms with Crippen molar-refractivity contribution in [3.63, 3.8) is 0 Å². The van der Waals surface area contributed by atoms with Crippen LogP contribution in [0.3, 0.4) is 0 Å². The fraction of sp³-hybridized carbons (Fsp3) is 0.310. The van der Waals surface area contributed by atoms with Crippen molar-refractivity contribution < 1.29 is 14.3 Å². The highest BCUT2D eigenvalue weighted by molar-refractivity contribution is 5.93. The fourth-order valence-electron chi connectivity index (χ4n) is 5.41. The number of nitrogens with zero attached hydrogens (tertiary/aromatic N) is 3. The largest absolute Gasteiger partial charge is 0.477 e. The summed E-state index contributed by atoms with van der Waals surface area (Å²) in [6.07, 6.45) is 4.25. The molecule has 2 heterocycles. The number of fused-ring (bicyclic) bond motifs is 2. The van der Waals surface area contributed by atoms with Crippen molar-refractivity contribution in [2.75, 3.05) is 37.6 Å². The molecule has 1 aliphatic heterocycles. The van der Waals surface area contributed by atoms with Crippen LogP contribution in [0.1, 0.15) is 34.8 Å². The van der Waals surface area contributed by atoms with Gasteiger partial charge in [-0.05, 0) is 47.7 Å². The van der Waals surface area contributed by atoms with E-state index in [-0.39, 0.29) is 17.0 Å². The Kier molecular flexibility index (Phi) is 5.72. The van der Waals surface area contributed by atoms with Gasteiger partial charge >= 0.3 is 5.97 Å². The van der Waals surface area contributed by atoms with E-state index in [2.05, 4.69) is 47.4 Å². The quantitative estimate of drug-likeness (QED) is 0.429. The maximum Gasteiger partial charge on any atom is 0.341 e. The number of pyridine rings is 1. The summed E-state index contributed by atoms with van der Waals surface area (Å²) in [5.41, 5.74) is 1.50. The molecule has 184 valence electrons. The van der Waals surface area contributed by atoms with Crippen LogP contribution in [0.25, 0.3) is 21.7 Å². The third-order valence-electron chi connectivity index (χ3n) is 7.56. The number of rotatable bonds is 6. The Bertz CT molecular complexity index is 1530. The summed E-state index contributed by atoms with van der Waals surface area (Å²) < 4.78 is 17.1. The van der Waals surface area contributed by atoms with Gasteiger partial charge in [-0.2, -0.15) is 0 Å². The molecule has 0 unspecified atom stereocenters. The number of carbonyl (C=O) groups is 1. The first kappa shape index (κ1) is 22.7. The molecule has 1 aliphatic carbocycles. The third-order valence-corrected chi connectivity index (χ3v) is 7.56. The minimum atomic E-state index is -1.28. The summed E-state index contributed by atoms with van der Waals surface area (Å²) in [7, 11) is 0. The third kappa shape index (κ3) is 4.13. The average molecular weight is 486 g/mol. The van der Waals surface area contributed by atoms with E-state index in [0.29, 0.717) is 24.3 Å². The number of anilines is 1. The lowest BCUT2D eigenvalue weighted by molar-refractivity contribution is 0.0695. The number of hydrogen-bond donors (Lipinski definition) is 1. The van der Waals surface area contributed by atoms with Crippen molar-refractivity contribution in [2.45, 2.75) is 25.3 Å². The molecule has 0 spiro atoms. The maximum atomic E-state index is 15.2. The van der Waals surface area contributed by atoms with Crippen molar-refractivity contribution in [3.8, 4) is 0 Å². The van der Waals surface area contributed by atoms with Crippen molar-refractivity contribution >= 4 is 33.3 Å². The van der Waals surface area contributed by atoms with Gasteiger partial charge < -0.3 is 14.6 Å². The summed E-state index contributed by atoms with van der Waals surface area (Å²) in [6, 6.07) is 18.0. The van der Waals surface area contributed by atoms with E-state index in [0.717, 1.165) is 38.9 Å². The van der Waals surface area contributed by atoms with E-state index in [1.807, 2.05) is 9.47 Å². The van der Waals surface area contributed by atoms with E-state index >= 15 is 4.39 Å². The molecular formula is C29H28FN3O3. The highest BCUT2D eigenvalue weighted by Gasteiger charge is 2.28. The van der Waals surface area contributed by atoms with Gasteiger partial charge in [0.15, 0.2) is 0 Å².